The minimum absolute atomic E-state index is 0.208. The molecule has 0 bridgehead atoms. The molecule has 0 fully saturated rings. The molecule has 4 N–H and O–H groups in total. The summed E-state index contributed by atoms with van der Waals surface area (Å²) >= 11 is 1.57. The Balaban J connectivity index is 1.89. The number of rotatable bonds is 3. The van der Waals surface area contributed by atoms with Gasteiger partial charge in [0.05, 0.1) is 17.4 Å². The van der Waals surface area contributed by atoms with Gasteiger partial charge in [0.2, 0.25) is 5.95 Å². The summed E-state index contributed by atoms with van der Waals surface area (Å²) < 4.78 is 0. The van der Waals surface area contributed by atoms with Gasteiger partial charge >= 0.3 is 0 Å². The number of benzene rings is 1. The number of H-pyrrole nitrogens is 1. The van der Waals surface area contributed by atoms with Crippen molar-refractivity contribution in [3.63, 3.8) is 0 Å². The zero-order valence-electron chi connectivity index (χ0n) is 10.8. The summed E-state index contributed by atoms with van der Waals surface area (Å²) in [6.45, 7) is 2.47. The Morgan fingerprint density at radius 3 is 3.00 bits per heavy atom. The molecule has 6 nitrogen and oxygen atoms in total. The van der Waals surface area contributed by atoms with Crippen LogP contribution in [0.2, 0.25) is 0 Å². The van der Waals surface area contributed by atoms with Gasteiger partial charge in [0, 0.05) is 16.8 Å². The van der Waals surface area contributed by atoms with Crippen LogP contribution in [0.25, 0.3) is 10.9 Å². The van der Waals surface area contributed by atoms with E-state index in [0.29, 0.717) is 29.1 Å². The monoisotopic (exact) mass is 287 g/mol. The van der Waals surface area contributed by atoms with E-state index in [2.05, 4.69) is 20.3 Å². The number of nitrogens with two attached hydrogens (primary N) is 1. The highest BCUT2D eigenvalue weighted by Gasteiger charge is 2.05. The van der Waals surface area contributed by atoms with Crippen LogP contribution in [0, 0.1) is 6.92 Å². The summed E-state index contributed by atoms with van der Waals surface area (Å²) in [4.78, 5) is 23.4. The normalized spacial score (nSPS) is 10.8. The fourth-order valence-corrected chi connectivity index (χ4v) is 2.59. The van der Waals surface area contributed by atoms with E-state index < -0.39 is 0 Å². The third-order valence-electron chi connectivity index (χ3n) is 2.80. The third-order valence-corrected chi connectivity index (χ3v) is 3.77. The van der Waals surface area contributed by atoms with E-state index in [1.165, 1.54) is 0 Å². The van der Waals surface area contributed by atoms with Crippen molar-refractivity contribution in [2.45, 2.75) is 13.5 Å². The third kappa shape index (κ3) is 2.48. The molecule has 1 aromatic carbocycles. The first kappa shape index (κ1) is 12.6. The lowest BCUT2D eigenvalue weighted by atomic mass is 10.2. The van der Waals surface area contributed by atoms with E-state index in [-0.39, 0.29) is 5.56 Å². The van der Waals surface area contributed by atoms with Crippen LogP contribution in [-0.4, -0.2) is 15.0 Å². The first-order valence-corrected chi connectivity index (χ1v) is 6.94. The van der Waals surface area contributed by atoms with Gasteiger partial charge in [0.25, 0.3) is 5.56 Å². The zero-order chi connectivity index (χ0) is 14.1. The minimum Gasteiger partial charge on any atom is -0.399 e. The fraction of sp³-hybridized carbons (Fsp3) is 0.154. The Morgan fingerprint density at radius 2 is 2.25 bits per heavy atom. The van der Waals surface area contributed by atoms with E-state index in [1.807, 2.05) is 12.3 Å². The van der Waals surface area contributed by atoms with Gasteiger partial charge < -0.3 is 11.1 Å². The highest BCUT2D eigenvalue weighted by Crippen LogP contribution is 2.14. The molecule has 7 heteroatoms. The molecule has 3 rings (SSSR count). The summed E-state index contributed by atoms with van der Waals surface area (Å²) in [7, 11) is 0. The smallest absolute Gasteiger partial charge is 0.260 e. The molecule has 0 aliphatic carbocycles. The number of aromatic amines is 1. The number of nitrogens with one attached hydrogen (secondary N) is 2. The van der Waals surface area contributed by atoms with Crippen LogP contribution in [-0.2, 0) is 6.54 Å². The maximum absolute atomic E-state index is 12.0. The van der Waals surface area contributed by atoms with Crippen molar-refractivity contribution in [1.29, 1.82) is 0 Å². The number of aromatic nitrogens is 3. The van der Waals surface area contributed by atoms with Crippen LogP contribution < -0.4 is 16.6 Å². The van der Waals surface area contributed by atoms with Crippen LogP contribution in [0.3, 0.4) is 0 Å². The van der Waals surface area contributed by atoms with Gasteiger partial charge in [0.1, 0.15) is 5.01 Å². The maximum Gasteiger partial charge on any atom is 0.260 e. The van der Waals surface area contributed by atoms with E-state index in [9.17, 15) is 4.79 Å². The van der Waals surface area contributed by atoms with Crippen LogP contribution >= 0.6 is 11.3 Å². The average molecular weight is 287 g/mol. The summed E-state index contributed by atoms with van der Waals surface area (Å²) in [5.41, 5.74) is 7.60. The molecule has 3 aromatic rings. The Morgan fingerprint density at radius 1 is 1.40 bits per heavy atom. The maximum atomic E-state index is 12.0. The Labute approximate surface area is 118 Å². The quantitative estimate of drug-likeness (QED) is 0.639. The van der Waals surface area contributed by atoms with Crippen molar-refractivity contribution < 1.29 is 0 Å². The molecule has 0 saturated heterocycles. The van der Waals surface area contributed by atoms with Gasteiger partial charge in [-0.1, -0.05) is 0 Å². The molecule has 2 aromatic heterocycles. The highest BCUT2D eigenvalue weighted by atomic mass is 32.1. The summed E-state index contributed by atoms with van der Waals surface area (Å²) in [6.07, 6.45) is 0. The summed E-state index contributed by atoms with van der Waals surface area (Å²) in [5, 5.41) is 6.49. The fourth-order valence-electron chi connectivity index (χ4n) is 1.88. The number of aryl methyl sites for hydroxylation is 1. The van der Waals surface area contributed by atoms with Crippen LogP contribution in [0.1, 0.15) is 10.7 Å². The summed E-state index contributed by atoms with van der Waals surface area (Å²) in [5.74, 6) is 0.431. The number of thiazole rings is 1. The van der Waals surface area contributed by atoms with Gasteiger partial charge in [-0.15, -0.1) is 11.3 Å². The molecular weight excluding hydrogens is 274 g/mol. The second-order valence-corrected chi connectivity index (χ2v) is 5.37. The largest absolute Gasteiger partial charge is 0.399 e. The lowest BCUT2D eigenvalue weighted by Crippen LogP contribution is -2.13. The predicted molar refractivity (Wildman–Crippen MR) is 81.0 cm³/mol. The van der Waals surface area contributed by atoms with Gasteiger partial charge in [0.15, 0.2) is 0 Å². The van der Waals surface area contributed by atoms with Crippen molar-refractivity contribution in [3.8, 4) is 0 Å². The first-order chi connectivity index (χ1) is 9.61. The van der Waals surface area contributed by atoms with Crippen LogP contribution in [0.4, 0.5) is 11.6 Å². The minimum atomic E-state index is -0.208. The van der Waals surface area contributed by atoms with Crippen molar-refractivity contribution in [2.75, 3.05) is 11.1 Å². The first-order valence-electron chi connectivity index (χ1n) is 6.06. The molecule has 2 heterocycles. The Bertz CT molecular complexity index is 823. The second-order valence-electron chi connectivity index (χ2n) is 4.43. The molecule has 0 radical (unpaired) electrons. The number of hydrogen-bond donors (Lipinski definition) is 3. The van der Waals surface area contributed by atoms with E-state index in [1.54, 1.807) is 29.5 Å². The number of hydrogen-bond acceptors (Lipinski definition) is 6. The average Bonchev–Trinajstić information content (AvgIpc) is 2.83. The van der Waals surface area contributed by atoms with Gasteiger partial charge in [-0.2, -0.15) is 0 Å². The Kier molecular flexibility index (Phi) is 3.11. The topological polar surface area (TPSA) is 96.7 Å². The Hall–Kier alpha value is -2.41. The molecule has 0 unspecified atom stereocenters. The zero-order valence-corrected chi connectivity index (χ0v) is 11.6. The van der Waals surface area contributed by atoms with Crippen molar-refractivity contribution >= 4 is 33.9 Å². The predicted octanol–water partition coefficient (Wildman–Crippen LogP) is 1.88. The van der Waals surface area contributed by atoms with Crippen molar-refractivity contribution in [2.24, 2.45) is 0 Å². The van der Waals surface area contributed by atoms with Crippen molar-refractivity contribution in [3.05, 3.63) is 44.6 Å². The number of nitrogen functional groups attached to an aromatic ring is 1. The standard InChI is InChI=1S/C13H13N5OS/c1-7-6-20-11(16-7)5-15-13-17-10-3-2-8(14)4-9(10)12(19)18-13/h2-4,6H,5,14H2,1H3,(H2,15,17,18,19). The van der Waals surface area contributed by atoms with Crippen LogP contribution in [0.5, 0.6) is 0 Å². The molecule has 0 saturated carbocycles. The molecule has 102 valence electrons. The van der Waals surface area contributed by atoms with Gasteiger partial charge in [-0.25, -0.2) is 9.97 Å². The lowest BCUT2D eigenvalue weighted by Gasteiger charge is -2.05. The molecule has 0 amide bonds. The highest BCUT2D eigenvalue weighted by molar-refractivity contribution is 7.09. The van der Waals surface area contributed by atoms with E-state index in [0.717, 1.165) is 10.7 Å². The molecule has 0 aliphatic rings. The van der Waals surface area contributed by atoms with Gasteiger partial charge in [-0.3, -0.25) is 9.78 Å². The van der Waals surface area contributed by atoms with Gasteiger partial charge in [-0.05, 0) is 25.1 Å². The molecule has 0 aliphatic heterocycles. The van der Waals surface area contributed by atoms with E-state index >= 15 is 0 Å². The van der Waals surface area contributed by atoms with Crippen LogP contribution in [0.15, 0.2) is 28.4 Å². The molecule has 0 spiro atoms. The SMILES string of the molecule is Cc1csc(CNc2nc3ccc(N)cc3c(=O)[nH]2)n1. The lowest BCUT2D eigenvalue weighted by molar-refractivity contribution is 1.03. The number of anilines is 2. The number of nitrogens with zero attached hydrogens (tertiary/aromatic N) is 2. The molecular formula is C13H13N5OS. The van der Waals surface area contributed by atoms with E-state index in [4.69, 9.17) is 5.73 Å². The molecule has 20 heavy (non-hydrogen) atoms. The second kappa shape index (κ2) is 4.93. The molecule has 0 atom stereocenters. The number of fused-ring (bicyclic) bond motifs is 1. The van der Waals surface area contributed by atoms with Crippen molar-refractivity contribution in [1.82, 2.24) is 15.0 Å². The summed E-state index contributed by atoms with van der Waals surface area (Å²) in [6, 6.07) is 5.08.